The summed E-state index contributed by atoms with van der Waals surface area (Å²) in [6.07, 6.45) is 7.45. The van der Waals surface area contributed by atoms with E-state index >= 15 is 0 Å². The number of nitrogens with zero attached hydrogens (tertiary/aromatic N) is 6. The lowest BCUT2D eigenvalue weighted by atomic mass is 9.93. The molecule has 6 rings (SSSR count). The van der Waals surface area contributed by atoms with Crippen molar-refractivity contribution >= 4 is 35.3 Å². The third-order valence-electron chi connectivity index (χ3n) is 7.14. The number of carbonyl (C=O) groups is 2. The SMILES string of the molecule is CC1(C)CC(=O)N(c2ncc(C#Cc3cccc(Cl)c3)cn2)C1.CC1(C)CC(=O)N(c2ncc(C#Cc3cccc(F)c3)cn2)C1. The van der Waals surface area contributed by atoms with Gasteiger partial charge in [0.15, 0.2) is 0 Å². The Kier molecular flexibility index (Phi) is 9.46. The van der Waals surface area contributed by atoms with Crippen molar-refractivity contribution in [3.05, 3.63) is 106 Å². The van der Waals surface area contributed by atoms with E-state index in [0.29, 0.717) is 59.5 Å². The zero-order valence-corrected chi connectivity index (χ0v) is 26.8. The summed E-state index contributed by atoms with van der Waals surface area (Å²) >= 11 is 5.93. The molecular weight excluding hydrogens is 603 g/mol. The Morgan fingerprint density at radius 1 is 0.652 bits per heavy atom. The summed E-state index contributed by atoms with van der Waals surface area (Å²) < 4.78 is 13.1. The molecule has 2 aromatic heterocycles. The van der Waals surface area contributed by atoms with E-state index in [1.54, 1.807) is 58.9 Å². The number of amides is 2. The van der Waals surface area contributed by atoms with Gasteiger partial charge in [0.1, 0.15) is 5.82 Å². The number of carbonyl (C=O) groups excluding carboxylic acids is 2. The maximum atomic E-state index is 13.1. The zero-order chi connectivity index (χ0) is 32.9. The van der Waals surface area contributed by atoms with E-state index in [9.17, 15) is 14.0 Å². The van der Waals surface area contributed by atoms with Crippen molar-refractivity contribution in [1.82, 2.24) is 19.9 Å². The minimum Gasteiger partial charge on any atom is -0.280 e. The second kappa shape index (κ2) is 13.5. The van der Waals surface area contributed by atoms with E-state index in [1.807, 2.05) is 26.0 Å². The van der Waals surface area contributed by atoms with Gasteiger partial charge in [0, 0.05) is 66.9 Å². The average molecular weight is 635 g/mol. The van der Waals surface area contributed by atoms with Crippen LogP contribution in [0.5, 0.6) is 0 Å². The molecule has 232 valence electrons. The Labute approximate surface area is 273 Å². The van der Waals surface area contributed by atoms with Crippen molar-refractivity contribution in [1.29, 1.82) is 0 Å². The highest BCUT2D eigenvalue weighted by atomic mass is 35.5. The molecule has 2 aliphatic heterocycles. The fourth-order valence-electron chi connectivity index (χ4n) is 4.99. The zero-order valence-electron chi connectivity index (χ0n) is 26.0. The first-order chi connectivity index (χ1) is 21.9. The van der Waals surface area contributed by atoms with Gasteiger partial charge in [-0.2, -0.15) is 0 Å². The van der Waals surface area contributed by atoms with Crippen LogP contribution in [-0.2, 0) is 9.59 Å². The Bertz CT molecular complexity index is 1750. The molecule has 0 spiro atoms. The number of anilines is 2. The van der Waals surface area contributed by atoms with E-state index < -0.39 is 0 Å². The number of rotatable bonds is 2. The summed E-state index contributed by atoms with van der Waals surface area (Å²) in [5, 5.41) is 0.651. The fraction of sp³-hybridized carbons (Fsp3) is 0.278. The molecule has 0 unspecified atom stereocenters. The highest BCUT2D eigenvalue weighted by Gasteiger charge is 2.38. The van der Waals surface area contributed by atoms with Gasteiger partial charge < -0.3 is 0 Å². The average Bonchev–Trinajstić information content (AvgIpc) is 3.46. The van der Waals surface area contributed by atoms with Gasteiger partial charge in [-0.1, -0.05) is 75.1 Å². The predicted molar refractivity (Wildman–Crippen MR) is 175 cm³/mol. The van der Waals surface area contributed by atoms with Gasteiger partial charge in [-0.3, -0.25) is 19.4 Å². The topological polar surface area (TPSA) is 92.2 Å². The minimum atomic E-state index is -0.321. The van der Waals surface area contributed by atoms with Gasteiger partial charge in [0.05, 0.1) is 11.1 Å². The van der Waals surface area contributed by atoms with Crippen molar-refractivity contribution in [2.75, 3.05) is 22.9 Å². The van der Waals surface area contributed by atoms with Crippen LogP contribution in [0.25, 0.3) is 0 Å². The van der Waals surface area contributed by atoms with E-state index in [1.165, 1.54) is 12.1 Å². The monoisotopic (exact) mass is 634 g/mol. The largest absolute Gasteiger partial charge is 0.280 e. The molecule has 46 heavy (non-hydrogen) atoms. The van der Waals surface area contributed by atoms with Gasteiger partial charge >= 0.3 is 0 Å². The highest BCUT2D eigenvalue weighted by molar-refractivity contribution is 6.30. The summed E-state index contributed by atoms with van der Waals surface area (Å²) in [5.74, 6) is 12.4. The molecule has 10 heteroatoms. The molecule has 0 atom stereocenters. The van der Waals surface area contributed by atoms with Crippen LogP contribution >= 0.6 is 11.6 Å². The summed E-state index contributed by atoms with van der Waals surface area (Å²) in [5.41, 5.74) is 2.63. The standard InChI is InChI=1S/C18H16ClN3O.C18H16FN3O/c2*1-18(2)9-16(23)22(12-18)17-20-10-14(11-21-17)7-6-13-4-3-5-15(19)8-13/h2*3-5,8,10-11H,9,12H2,1-2H3. The Balaban J connectivity index is 0.000000181. The third-order valence-corrected chi connectivity index (χ3v) is 7.38. The first kappa shape index (κ1) is 32.3. The molecule has 2 saturated heterocycles. The molecule has 8 nitrogen and oxygen atoms in total. The van der Waals surface area contributed by atoms with Gasteiger partial charge in [0.25, 0.3) is 0 Å². The van der Waals surface area contributed by atoms with Gasteiger partial charge in [-0.05, 0) is 47.2 Å². The molecule has 0 saturated carbocycles. The van der Waals surface area contributed by atoms with Crippen LogP contribution in [0.4, 0.5) is 16.3 Å². The van der Waals surface area contributed by atoms with Crippen molar-refractivity contribution in [3.63, 3.8) is 0 Å². The molecule has 4 heterocycles. The van der Waals surface area contributed by atoms with E-state index in [2.05, 4.69) is 57.5 Å². The van der Waals surface area contributed by atoms with Crippen LogP contribution in [0.2, 0.25) is 5.02 Å². The molecule has 2 amide bonds. The smallest absolute Gasteiger partial charge is 0.232 e. The first-order valence-electron chi connectivity index (χ1n) is 14.7. The Morgan fingerprint density at radius 2 is 1.07 bits per heavy atom. The molecule has 4 aromatic rings. The minimum absolute atomic E-state index is 0.0357. The number of halogens is 2. The molecule has 2 aliphatic rings. The molecule has 2 fully saturated rings. The first-order valence-corrected chi connectivity index (χ1v) is 15.0. The van der Waals surface area contributed by atoms with E-state index in [4.69, 9.17) is 11.6 Å². The lowest BCUT2D eigenvalue weighted by Crippen LogP contribution is -2.27. The summed E-state index contributed by atoms with van der Waals surface area (Å²) in [4.78, 5) is 44.2. The van der Waals surface area contributed by atoms with Gasteiger partial charge in [-0.15, -0.1) is 0 Å². The molecule has 0 N–H and O–H groups in total. The highest BCUT2D eigenvalue weighted by Crippen LogP contribution is 2.32. The predicted octanol–water partition coefficient (Wildman–Crippen LogP) is 6.07. The van der Waals surface area contributed by atoms with Crippen molar-refractivity contribution < 1.29 is 14.0 Å². The van der Waals surface area contributed by atoms with Crippen molar-refractivity contribution in [3.8, 4) is 23.7 Å². The van der Waals surface area contributed by atoms with Crippen molar-refractivity contribution in [2.24, 2.45) is 10.8 Å². The molecular formula is C36H32ClFN6O2. The van der Waals surface area contributed by atoms with Crippen molar-refractivity contribution in [2.45, 2.75) is 40.5 Å². The number of hydrogen-bond donors (Lipinski definition) is 0. The van der Waals surface area contributed by atoms with E-state index in [-0.39, 0.29) is 28.5 Å². The molecule has 0 bridgehead atoms. The lowest BCUT2D eigenvalue weighted by Gasteiger charge is -2.17. The van der Waals surface area contributed by atoms with Crippen LogP contribution in [-0.4, -0.2) is 44.8 Å². The van der Waals surface area contributed by atoms with Crippen LogP contribution in [0.1, 0.15) is 62.8 Å². The molecule has 2 aromatic carbocycles. The maximum absolute atomic E-state index is 13.1. The van der Waals surface area contributed by atoms with Gasteiger partial charge in [0.2, 0.25) is 23.7 Å². The number of hydrogen-bond acceptors (Lipinski definition) is 6. The lowest BCUT2D eigenvalue weighted by molar-refractivity contribution is -0.118. The van der Waals surface area contributed by atoms with Crippen LogP contribution < -0.4 is 9.80 Å². The second-order valence-electron chi connectivity index (χ2n) is 12.7. The Hall–Kier alpha value is -5.12. The summed E-state index contributed by atoms with van der Waals surface area (Å²) in [6.45, 7) is 9.47. The third kappa shape index (κ3) is 8.53. The van der Waals surface area contributed by atoms with Crippen LogP contribution in [0.3, 0.4) is 0 Å². The molecule has 0 radical (unpaired) electrons. The number of benzene rings is 2. The van der Waals surface area contributed by atoms with Gasteiger partial charge in [-0.25, -0.2) is 24.3 Å². The quantitative estimate of drug-likeness (QED) is 0.249. The van der Waals surface area contributed by atoms with Crippen LogP contribution in [0, 0.1) is 40.3 Å². The summed E-state index contributed by atoms with van der Waals surface area (Å²) in [6, 6.07) is 13.4. The van der Waals surface area contributed by atoms with E-state index in [0.717, 1.165) is 5.56 Å². The molecule has 0 aliphatic carbocycles. The number of aromatic nitrogens is 4. The maximum Gasteiger partial charge on any atom is 0.232 e. The Morgan fingerprint density at radius 3 is 1.46 bits per heavy atom. The second-order valence-corrected chi connectivity index (χ2v) is 13.1. The summed E-state index contributed by atoms with van der Waals surface area (Å²) in [7, 11) is 0. The fourth-order valence-corrected chi connectivity index (χ4v) is 5.18. The van der Waals surface area contributed by atoms with Crippen LogP contribution in [0.15, 0.2) is 73.3 Å². The normalized spacial score (nSPS) is 16.1.